The number of morpholine rings is 1. The van der Waals surface area contributed by atoms with Gasteiger partial charge in [0.1, 0.15) is 6.10 Å². The van der Waals surface area contributed by atoms with Crippen molar-refractivity contribution >= 4 is 5.91 Å². The highest BCUT2D eigenvalue weighted by atomic mass is 16.5. The lowest BCUT2D eigenvalue weighted by Crippen LogP contribution is -2.46. The number of rotatable bonds is 2. The van der Waals surface area contributed by atoms with Crippen molar-refractivity contribution < 1.29 is 9.53 Å². The Hall–Kier alpha value is -2.13. The maximum Gasteiger partial charge on any atom is 0.254 e. The summed E-state index contributed by atoms with van der Waals surface area (Å²) in [5, 5.41) is 0. The summed E-state index contributed by atoms with van der Waals surface area (Å²) in [4.78, 5) is 14.8. The molecule has 3 nitrogen and oxygen atoms in total. The summed E-state index contributed by atoms with van der Waals surface area (Å²) in [5.41, 5.74) is 4.24. The Kier molecular flexibility index (Phi) is 4.49. The van der Waals surface area contributed by atoms with Gasteiger partial charge in [0.2, 0.25) is 0 Å². The van der Waals surface area contributed by atoms with Gasteiger partial charge in [0.15, 0.2) is 0 Å². The zero-order chi connectivity index (χ0) is 16.4. The highest BCUT2D eigenvalue weighted by molar-refractivity contribution is 5.94. The molecule has 23 heavy (non-hydrogen) atoms. The molecule has 1 heterocycles. The number of ether oxygens (including phenoxy) is 1. The van der Waals surface area contributed by atoms with Crippen LogP contribution < -0.4 is 0 Å². The number of carbonyl (C=O) groups excluding carboxylic acids is 1. The molecule has 0 saturated carbocycles. The lowest BCUT2D eigenvalue weighted by molar-refractivity contribution is -0.0691. The summed E-state index contributed by atoms with van der Waals surface area (Å²) in [6.45, 7) is 7.36. The number of carbonyl (C=O) groups is 1. The van der Waals surface area contributed by atoms with Gasteiger partial charge in [-0.15, -0.1) is 0 Å². The molecular weight excluding hydrogens is 286 g/mol. The Balaban J connectivity index is 1.81. The Labute approximate surface area is 137 Å². The van der Waals surface area contributed by atoms with Crippen LogP contribution in [0.4, 0.5) is 0 Å². The van der Waals surface area contributed by atoms with E-state index in [0.717, 1.165) is 16.7 Å². The maximum absolute atomic E-state index is 12.9. The van der Waals surface area contributed by atoms with Crippen LogP contribution in [0.25, 0.3) is 0 Å². The molecule has 2 unspecified atom stereocenters. The van der Waals surface area contributed by atoms with Gasteiger partial charge in [-0.3, -0.25) is 4.79 Å². The van der Waals surface area contributed by atoms with Crippen LogP contribution in [0.15, 0.2) is 48.5 Å². The van der Waals surface area contributed by atoms with Gasteiger partial charge >= 0.3 is 0 Å². The molecule has 0 bridgehead atoms. The third kappa shape index (κ3) is 3.45. The molecule has 3 rings (SSSR count). The van der Waals surface area contributed by atoms with Gasteiger partial charge in [-0.1, -0.05) is 36.4 Å². The predicted molar refractivity (Wildman–Crippen MR) is 91.5 cm³/mol. The van der Waals surface area contributed by atoms with Gasteiger partial charge in [0, 0.05) is 12.1 Å². The molecule has 1 aliphatic heterocycles. The van der Waals surface area contributed by atoms with Crippen molar-refractivity contribution in [1.82, 2.24) is 4.90 Å². The summed E-state index contributed by atoms with van der Waals surface area (Å²) in [7, 11) is 0. The van der Waals surface area contributed by atoms with Crippen LogP contribution in [0, 0.1) is 13.8 Å². The van der Waals surface area contributed by atoms with Crippen molar-refractivity contribution in [3.05, 3.63) is 70.8 Å². The molecule has 1 amide bonds. The van der Waals surface area contributed by atoms with E-state index >= 15 is 0 Å². The maximum atomic E-state index is 12.9. The van der Waals surface area contributed by atoms with E-state index < -0.39 is 0 Å². The first-order chi connectivity index (χ1) is 11.0. The highest BCUT2D eigenvalue weighted by Crippen LogP contribution is 2.26. The number of aryl methyl sites for hydroxylation is 2. The monoisotopic (exact) mass is 309 g/mol. The minimum atomic E-state index is -0.0598. The number of hydrogen-bond acceptors (Lipinski definition) is 2. The van der Waals surface area contributed by atoms with Crippen molar-refractivity contribution in [1.29, 1.82) is 0 Å². The van der Waals surface area contributed by atoms with Crippen LogP contribution in [0.2, 0.25) is 0 Å². The third-order valence-electron chi connectivity index (χ3n) is 4.47. The second kappa shape index (κ2) is 6.55. The lowest BCUT2D eigenvalue weighted by Gasteiger charge is -2.37. The number of amides is 1. The molecule has 2 aromatic rings. The minimum Gasteiger partial charge on any atom is -0.367 e. The van der Waals surface area contributed by atoms with E-state index in [9.17, 15) is 4.79 Å². The molecule has 2 aromatic carbocycles. The molecule has 2 atom stereocenters. The Morgan fingerprint density at radius 3 is 2.48 bits per heavy atom. The molecular formula is C20H23NO2. The van der Waals surface area contributed by atoms with Crippen LogP contribution in [0.5, 0.6) is 0 Å². The molecule has 3 heteroatoms. The van der Waals surface area contributed by atoms with E-state index in [1.54, 1.807) is 0 Å². The van der Waals surface area contributed by atoms with Gasteiger partial charge in [-0.25, -0.2) is 0 Å². The van der Waals surface area contributed by atoms with Crippen molar-refractivity contribution in [2.24, 2.45) is 0 Å². The van der Waals surface area contributed by atoms with Crippen molar-refractivity contribution in [2.45, 2.75) is 33.0 Å². The third-order valence-corrected chi connectivity index (χ3v) is 4.47. The SMILES string of the molecule is Cc1ccc(C(=O)N2CC(C)OC(c3ccccc3)C2)cc1C. The molecule has 0 aliphatic carbocycles. The first-order valence-electron chi connectivity index (χ1n) is 8.11. The molecule has 0 N–H and O–H groups in total. The average Bonchev–Trinajstić information content (AvgIpc) is 2.57. The molecule has 120 valence electrons. The fraction of sp³-hybridized carbons (Fsp3) is 0.350. The summed E-state index contributed by atoms with van der Waals surface area (Å²) in [6, 6.07) is 16.0. The van der Waals surface area contributed by atoms with Gasteiger partial charge in [0.25, 0.3) is 5.91 Å². The molecule has 0 radical (unpaired) electrons. The first kappa shape index (κ1) is 15.8. The topological polar surface area (TPSA) is 29.5 Å². The minimum absolute atomic E-state index is 0.0319. The molecule has 0 aromatic heterocycles. The summed E-state index contributed by atoms with van der Waals surface area (Å²) >= 11 is 0. The van der Waals surface area contributed by atoms with E-state index in [1.165, 1.54) is 5.56 Å². The van der Waals surface area contributed by atoms with E-state index in [0.29, 0.717) is 13.1 Å². The van der Waals surface area contributed by atoms with Crippen LogP contribution >= 0.6 is 0 Å². The molecule has 1 aliphatic rings. The van der Waals surface area contributed by atoms with E-state index in [-0.39, 0.29) is 18.1 Å². The van der Waals surface area contributed by atoms with E-state index in [1.807, 2.05) is 55.1 Å². The fourth-order valence-corrected chi connectivity index (χ4v) is 3.03. The van der Waals surface area contributed by atoms with Crippen molar-refractivity contribution in [3.63, 3.8) is 0 Å². The van der Waals surface area contributed by atoms with Crippen LogP contribution in [-0.2, 0) is 4.74 Å². The Morgan fingerprint density at radius 1 is 1.04 bits per heavy atom. The highest BCUT2D eigenvalue weighted by Gasteiger charge is 2.29. The summed E-state index contributed by atoms with van der Waals surface area (Å²) < 4.78 is 6.04. The van der Waals surface area contributed by atoms with Crippen molar-refractivity contribution in [3.8, 4) is 0 Å². The van der Waals surface area contributed by atoms with Crippen LogP contribution in [-0.4, -0.2) is 30.0 Å². The zero-order valence-corrected chi connectivity index (χ0v) is 14.0. The number of hydrogen-bond donors (Lipinski definition) is 0. The number of benzene rings is 2. The average molecular weight is 309 g/mol. The molecule has 1 saturated heterocycles. The van der Waals surface area contributed by atoms with Gasteiger partial charge < -0.3 is 9.64 Å². The molecule has 1 fully saturated rings. The quantitative estimate of drug-likeness (QED) is 0.842. The first-order valence-corrected chi connectivity index (χ1v) is 8.11. The fourth-order valence-electron chi connectivity index (χ4n) is 3.03. The molecule has 0 spiro atoms. The summed E-state index contributed by atoms with van der Waals surface area (Å²) in [5.74, 6) is 0.0872. The number of nitrogens with zero attached hydrogens (tertiary/aromatic N) is 1. The second-order valence-electron chi connectivity index (χ2n) is 6.36. The van der Waals surface area contributed by atoms with Crippen molar-refractivity contribution in [2.75, 3.05) is 13.1 Å². The standard InChI is InChI=1S/C20H23NO2/c1-14-9-10-18(11-15(14)2)20(22)21-12-16(3)23-19(13-21)17-7-5-4-6-8-17/h4-11,16,19H,12-13H2,1-3H3. The smallest absolute Gasteiger partial charge is 0.254 e. The lowest BCUT2D eigenvalue weighted by atomic mass is 10.0. The van der Waals surface area contributed by atoms with Crippen LogP contribution in [0.3, 0.4) is 0 Å². The van der Waals surface area contributed by atoms with E-state index in [4.69, 9.17) is 4.74 Å². The summed E-state index contributed by atoms with van der Waals surface area (Å²) in [6.07, 6.45) is -0.0279. The normalized spacial score (nSPS) is 21.3. The van der Waals surface area contributed by atoms with Crippen LogP contribution in [0.1, 0.15) is 40.1 Å². The second-order valence-corrected chi connectivity index (χ2v) is 6.36. The Morgan fingerprint density at radius 2 is 1.78 bits per heavy atom. The predicted octanol–water partition coefficient (Wildman–Crippen LogP) is 3.91. The Bertz CT molecular complexity index is 696. The van der Waals surface area contributed by atoms with Gasteiger partial charge in [-0.2, -0.15) is 0 Å². The largest absolute Gasteiger partial charge is 0.367 e. The van der Waals surface area contributed by atoms with Gasteiger partial charge in [-0.05, 0) is 49.6 Å². The van der Waals surface area contributed by atoms with Gasteiger partial charge in [0.05, 0.1) is 12.6 Å². The zero-order valence-electron chi connectivity index (χ0n) is 14.0. The van der Waals surface area contributed by atoms with E-state index in [2.05, 4.69) is 19.1 Å².